The third kappa shape index (κ3) is 4.40. The lowest BCUT2D eigenvalue weighted by Gasteiger charge is -1.97. The summed E-state index contributed by atoms with van der Waals surface area (Å²) in [5, 5.41) is 0. The van der Waals surface area contributed by atoms with Crippen LogP contribution in [0.4, 0.5) is 0 Å². The zero-order valence-electron chi connectivity index (χ0n) is 8.69. The van der Waals surface area contributed by atoms with E-state index < -0.39 is 0 Å². The first-order valence-corrected chi connectivity index (χ1v) is 4.85. The van der Waals surface area contributed by atoms with Gasteiger partial charge >= 0.3 is 0 Å². The van der Waals surface area contributed by atoms with E-state index in [9.17, 15) is 0 Å². The van der Waals surface area contributed by atoms with Gasteiger partial charge in [0.2, 0.25) is 0 Å². The molecule has 0 aliphatic rings. The van der Waals surface area contributed by atoms with Gasteiger partial charge in [0.15, 0.2) is 0 Å². The molecule has 15 heavy (non-hydrogen) atoms. The number of allylic oxidation sites excluding steroid dienone is 2. The van der Waals surface area contributed by atoms with E-state index in [4.69, 9.17) is 5.84 Å². The molecule has 0 atom stereocenters. The summed E-state index contributed by atoms with van der Waals surface area (Å²) in [6.45, 7) is 4.34. The summed E-state index contributed by atoms with van der Waals surface area (Å²) in [5.41, 5.74) is 4.83. The van der Waals surface area contributed by atoms with Crippen LogP contribution in [-0.4, -0.2) is 6.54 Å². The van der Waals surface area contributed by atoms with E-state index in [2.05, 4.69) is 24.1 Å². The number of nitrogens with two attached hydrogens (primary N) is 1. The Kier molecular flexibility index (Phi) is 5.15. The normalized spacial score (nSPS) is 11.9. The molecule has 1 rings (SSSR count). The van der Waals surface area contributed by atoms with Crippen molar-refractivity contribution < 1.29 is 0 Å². The van der Waals surface area contributed by atoms with Crippen LogP contribution in [0.15, 0.2) is 60.7 Å². The molecule has 0 unspecified atom stereocenters. The highest BCUT2D eigenvalue weighted by atomic mass is 15.2. The van der Waals surface area contributed by atoms with Crippen molar-refractivity contribution in [2.45, 2.75) is 0 Å². The summed E-state index contributed by atoms with van der Waals surface area (Å²) in [4.78, 5) is 0. The van der Waals surface area contributed by atoms with Crippen LogP contribution in [0.2, 0.25) is 0 Å². The molecule has 0 aromatic heterocycles. The highest BCUT2D eigenvalue weighted by Crippen LogP contribution is 2.02. The second-order valence-corrected chi connectivity index (χ2v) is 3.10. The van der Waals surface area contributed by atoms with Gasteiger partial charge in [0.05, 0.1) is 0 Å². The highest BCUT2D eigenvalue weighted by Gasteiger charge is 1.86. The zero-order chi connectivity index (χ0) is 10.9. The van der Waals surface area contributed by atoms with Crippen LogP contribution in [0.3, 0.4) is 0 Å². The standard InChI is InChI=1S/C13H16N2/c1-2-12(11-15-14)9-6-10-13-7-4-3-5-8-13/h2-10,15H,1,11,14H2/b10-6?,12-9+. The minimum Gasteiger partial charge on any atom is -0.271 e. The Labute approximate surface area is 90.8 Å². The second kappa shape index (κ2) is 6.76. The number of hydrogen-bond acceptors (Lipinski definition) is 2. The number of nitrogens with one attached hydrogen (secondary N) is 1. The van der Waals surface area contributed by atoms with Crippen molar-refractivity contribution in [1.82, 2.24) is 5.43 Å². The Morgan fingerprint density at radius 1 is 1.33 bits per heavy atom. The van der Waals surface area contributed by atoms with Gasteiger partial charge < -0.3 is 0 Å². The molecule has 2 nitrogen and oxygen atoms in total. The van der Waals surface area contributed by atoms with Gasteiger partial charge in [0.25, 0.3) is 0 Å². The Balaban J connectivity index is 2.62. The van der Waals surface area contributed by atoms with E-state index in [0.29, 0.717) is 6.54 Å². The molecular weight excluding hydrogens is 184 g/mol. The molecule has 1 aromatic carbocycles. The molecule has 2 heteroatoms. The maximum absolute atomic E-state index is 5.23. The minimum absolute atomic E-state index is 0.628. The van der Waals surface area contributed by atoms with Crippen LogP contribution < -0.4 is 11.3 Å². The largest absolute Gasteiger partial charge is 0.271 e. The molecule has 1 aromatic rings. The second-order valence-electron chi connectivity index (χ2n) is 3.10. The minimum atomic E-state index is 0.628. The quantitative estimate of drug-likeness (QED) is 0.435. The van der Waals surface area contributed by atoms with Crippen LogP contribution in [-0.2, 0) is 0 Å². The van der Waals surface area contributed by atoms with Gasteiger partial charge in [0, 0.05) is 6.54 Å². The third-order valence-corrected chi connectivity index (χ3v) is 1.97. The van der Waals surface area contributed by atoms with E-state index in [-0.39, 0.29) is 0 Å². The van der Waals surface area contributed by atoms with Crippen LogP contribution in [0.1, 0.15) is 5.56 Å². The fourth-order valence-corrected chi connectivity index (χ4v) is 1.16. The Hall–Kier alpha value is -1.64. The first kappa shape index (κ1) is 11.4. The third-order valence-electron chi connectivity index (χ3n) is 1.97. The Bertz CT molecular complexity index is 350. The predicted molar refractivity (Wildman–Crippen MR) is 65.9 cm³/mol. The van der Waals surface area contributed by atoms with Crippen molar-refractivity contribution >= 4 is 6.08 Å². The average molecular weight is 200 g/mol. The molecule has 0 aliphatic carbocycles. The molecule has 0 radical (unpaired) electrons. The van der Waals surface area contributed by atoms with Gasteiger partial charge in [-0.2, -0.15) is 0 Å². The topological polar surface area (TPSA) is 38.0 Å². The fraction of sp³-hybridized carbons (Fsp3) is 0.0769. The summed E-state index contributed by atoms with van der Waals surface area (Å²) in [6, 6.07) is 10.1. The van der Waals surface area contributed by atoms with Crippen molar-refractivity contribution in [2.75, 3.05) is 6.54 Å². The van der Waals surface area contributed by atoms with Gasteiger partial charge in [0.1, 0.15) is 0 Å². The van der Waals surface area contributed by atoms with E-state index in [1.165, 1.54) is 5.56 Å². The summed E-state index contributed by atoms with van der Waals surface area (Å²) in [5.74, 6) is 5.23. The van der Waals surface area contributed by atoms with Gasteiger partial charge in [-0.25, -0.2) is 0 Å². The van der Waals surface area contributed by atoms with Crippen LogP contribution >= 0.6 is 0 Å². The van der Waals surface area contributed by atoms with Crippen molar-refractivity contribution in [1.29, 1.82) is 0 Å². The molecule has 0 saturated heterocycles. The molecule has 3 N–H and O–H groups in total. The van der Waals surface area contributed by atoms with Crippen molar-refractivity contribution in [3.05, 3.63) is 66.3 Å². The molecule has 0 amide bonds. The average Bonchev–Trinajstić information content (AvgIpc) is 2.29. The van der Waals surface area contributed by atoms with Crippen LogP contribution in [0.25, 0.3) is 6.08 Å². The van der Waals surface area contributed by atoms with Gasteiger partial charge in [-0.1, -0.05) is 61.2 Å². The predicted octanol–water partition coefficient (Wildman–Crippen LogP) is 2.28. The van der Waals surface area contributed by atoms with Gasteiger partial charge in [-0.15, -0.1) is 0 Å². The Morgan fingerprint density at radius 2 is 2.07 bits per heavy atom. The van der Waals surface area contributed by atoms with Crippen molar-refractivity contribution in [3.8, 4) is 0 Å². The van der Waals surface area contributed by atoms with E-state index >= 15 is 0 Å². The van der Waals surface area contributed by atoms with E-state index in [1.807, 2.05) is 36.4 Å². The SMILES string of the molecule is C=C/C(=C\C=Cc1ccccc1)CNN. The lowest BCUT2D eigenvalue weighted by molar-refractivity contribution is 0.806. The monoisotopic (exact) mass is 200 g/mol. The molecule has 0 heterocycles. The Morgan fingerprint density at radius 3 is 2.67 bits per heavy atom. The van der Waals surface area contributed by atoms with Crippen molar-refractivity contribution in [3.63, 3.8) is 0 Å². The number of benzene rings is 1. The lowest BCUT2D eigenvalue weighted by atomic mass is 10.2. The number of hydrazine groups is 1. The van der Waals surface area contributed by atoms with Gasteiger partial charge in [-0.05, 0) is 11.1 Å². The van der Waals surface area contributed by atoms with E-state index in [1.54, 1.807) is 6.08 Å². The maximum Gasteiger partial charge on any atom is 0.0348 e. The van der Waals surface area contributed by atoms with Crippen molar-refractivity contribution in [2.24, 2.45) is 5.84 Å². The molecule has 0 aliphatic heterocycles. The lowest BCUT2D eigenvalue weighted by Crippen LogP contribution is -2.23. The first-order valence-electron chi connectivity index (χ1n) is 4.85. The van der Waals surface area contributed by atoms with E-state index in [0.717, 1.165) is 5.57 Å². The van der Waals surface area contributed by atoms with Gasteiger partial charge in [-0.3, -0.25) is 11.3 Å². The van der Waals surface area contributed by atoms with Crippen LogP contribution in [0, 0.1) is 0 Å². The summed E-state index contributed by atoms with van der Waals surface area (Å²) < 4.78 is 0. The molecule has 0 saturated carbocycles. The summed E-state index contributed by atoms with van der Waals surface area (Å²) in [7, 11) is 0. The molecule has 0 spiro atoms. The molecular formula is C13H16N2. The highest BCUT2D eigenvalue weighted by molar-refractivity contribution is 5.51. The zero-order valence-corrected chi connectivity index (χ0v) is 8.69. The molecule has 0 bridgehead atoms. The first-order chi connectivity index (χ1) is 7.36. The summed E-state index contributed by atoms with van der Waals surface area (Å²) >= 11 is 0. The maximum atomic E-state index is 5.23. The number of hydrogen-bond donors (Lipinski definition) is 2. The number of rotatable bonds is 5. The fourth-order valence-electron chi connectivity index (χ4n) is 1.16. The summed E-state index contributed by atoms with van der Waals surface area (Å²) in [6.07, 6.45) is 7.80. The molecule has 0 fully saturated rings. The molecule has 78 valence electrons. The smallest absolute Gasteiger partial charge is 0.0348 e. The van der Waals surface area contributed by atoms with Crippen LogP contribution in [0.5, 0.6) is 0 Å².